The van der Waals surface area contributed by atoms with Crippen molar-refractivity contribution in [3.63, 3.8) is 0 Å². The number of benzene rings is 1. The van der Waals surface area contributed by atoms with Gasteiger partial charge in [0.25, 0.3) is 5.56 Å². The van der Waals surface area contributed by atoms with E-state index in [0.29, 0.717) is 0 Å². The van der Waals surface area contributed by atoms with Crippen LogP contribution in [0, 0.1) is 6.92 Å². The maximum atomic E-state index is 13.4. The van der Waals surface area contributed by atoms with E-state index in [0.717, 1.165) is 59.1 Å². The van der Waals surface area contributed by atoms with E-state index in [1.54, 1.807) is 11.3 Å². The van der Waals surface area contributed by atoms with Crippen molar-refractivity contribution in [3.8, 4) is 0 Å². The van der Waals surface area contributed by atoms with Gasteiger partial charge in [0.15, 0.2) is 0 Å². The minimum Gasteiger partial charge on any atom is -0.336 e. The summed E-state index contributed by atoms with van der Waals surface area (Å²) in [6, 6.07) is 8.10. The predicted octanol–water partition coefficient (Wildman–Crippen LogP) is 4.01. The fourth-order valence-corrected chi connectivity index (χ4v) is 5.34. The average molecular weight is 382 g/mol. The van der Waals surface area contributed by atoms with Gasteiger partial charge in [-0.15, -0.1) is 10.2 Å². The highest BCUT2D eigenvalue weighted by atomic mass is 32.1. The Morgan fingerprint density at radius 3 is 2.67 bits per heavy atom. The van der Waals surface area contributed by atoms with Gasteiger partial charge >= 0.3 is 0 Å². The van der Waals surface area contributed by atoms with E-state index < -0.39 is 0 Å². The number of aromatic nitrogens is 4. The molecule has 0 spiro atoms. The van der Waals surface area contributed by atoms with Crippen LogP contribution in [0.25, 0.3) is 10.9 Å². The molecule has 0 bridgehead atoms. The molecule has 1 saturated heterocycles. The van der Waals surface area contributed by atoms with Gasteiger partial charge in [0.1, 0.15) is 10.8 Å². The minimum absolute atomic E-state index is 0.0928. The number of hydrogen-bond acceptors (Lipinski definition) is 6. The fraction of sp³-hybridized carbons (Fsp3) is 0.500. The SMILES string of the molecule is Cc1nnc(N2CCCC2c2nc3ccccc3c(=O)n2C2CCCC2)s1. The van der Waals surface area contributed by atoms with Crippen LogP contribution in [-0.4, -0.2) is 26.3 Å². The summed E-state index contributed by atoms with van der Waals surface area (Å²) in [7, 11) is 0. The molecule has 2 fully saturated rings. The first kappa shape index (κ1) is 16.9. The number of fused-ring (bicyclic) bond motifs is 1. The Morgan fingerprint density at radius 1 is 1.07 bits per heavy atom. The average Bonchev–Trinajstić information content (AvgIpc) is 3.43. The number of rotatable bonds is 3. The molecular formula is C20H23N5OS. The number of nitrogens with zero attached hydrogens (tertiary/aromatic N) is 5. The predicted molar refractivity (Wildman–Crippen MR) is 107 cm³/mol. The van der Waals surface area contributed by atoms with Gasteiger partial charge in [-0.1, -0.05) is 36.3 Å². The zero-order chi connectivity index (χ0) is 18.4. The molecule has 1 saturated carbocycles. The minimum atomic E-state index is 0.0928. The van der Waals surface area contributed by atoms with E-state index in [-0.39, 0.29) is 17.6 Å². The van der Waals surface area contributed by atoms with Gasteiger partial charge in [0.2, 0.25) is 5.13 Å². The molecular weight excluding hydrogens is 358 g/mol. The summed E-state index contributed by atoms with van der Waals surface area (Å²) in [5.74, 6) is 0.913. The summed E-state index contributed by atoms with van der Waals surface area (Å²) in [6.45, 7) is 2.92. The third-order valence-corrected chi connectivity index (χ3v) is 6.71. The molecule has 1 unspecified atom stereocenters. The molecule has 6 nitrogen and oxygen atoms in total. The maximum Gasteiger partial charge on any atom is 0.261 e. The van der Waals surface area contributed by atoms with E-state index in [1.165, 1.54) is 12.8 Å². The molecule has 0 N–H and O–H groups in total. The van der Waals surface area contributed by atoms with Crippen LogP contribution in [0.15, 0.2) is 29.1 Å². The largest absolute Gasteiger partial charge is 0.336 e. The van der Waals surface area contributed by atoms with Crippen molar-refractivity contribution in [2.24, 2.45) is 0 Å². The summed E-state index contributed by atoms with van der Waals surface area (Å²) in [6.07, 6.45) is 6.59. The third-order valence-electron chi connectivity index (χ3n) is 5.84. The maximum absolute atomic E-state index is 13.4. The van der Waals surface area contributed by atoms with Crippen molar-refractivity contribution < 1.29 is 0 Å². The Morgan fingerprint density at radius 2 is 1.89 bits per heavy atom. The van der Waals surface area contributed by atoms with Crippen molar-refractivity contribution in [2.45, 2.75) is 57.5 Å². The summed E-state index contributed by atoms with van der Waals surface area (Å²) >= 11 is 1.62. The van der Waals surface area contributed by atoms with Gasteiger partial charge in [0, 0.05) is 12.6 Å². The van der Waals surface area contributed by atoms with Gasteiger partial charge in [-0.2, -0.15) is 0 Å². The summed E-state index contributed by atoms with van der Waals surface area (Å²) in [5.41, 5.74) is 0.912. The zero-order valence-corrected chi connectivity index (χ0v) is 16.3. The number of hydrogen-bond donors (Lipinski definition) is 0. The standard InChI is InChI=1S/C20H23N5OS/c1-13-22-23-20(27-13)24-12-6-11-17(24)18-21-16-10-5-4-9-15(16)19(26)25(18)14-7-2-3-8-14/h4-5,9-10,14,17H,2-3,6-8,11-12H2,1H3. The Balaban J connectivity index is 1.69. The Hall–Kier alpha value is -2.28. The third kappa shape index (κ3) is 2.84. The molecule has 140 valence electrons. The van der Waals surface area contributed by atoms with Crippen LogP contribution in [0.3, 0.4) is 0 Å². The van der Waals surface area contributed by atoms with E-state index >= 15 is 0 Å². The molecule has 1 aliphatic heterocycles. The van der Waals surface area contributed by atoms with Crippen molar-refractivity contribution in [1.29, 1.82) is 0 Å². The lowest BCUT2D eigenvalue weighted by Gasteiger charge is -2.28. The molecule has 27 heavy (non-hydrogen) atoms. The lowest BCUT2D eigenvalue weighted by Crippen LogP contribution is -2.34. The lowest BCUT2D eigenvalue weighted by molar-refractivity contribution is 0.454. The van der Waals surface area contributed by atoms with Crippen molar-refractivity contribution in [1.82, 2.24) is 19.7 Å². The van der Waals surface area contributed by atoms with Crippen LogP contribution >= 0.6 is 11.3 Å². The first-order valence-electron chi connectivity index (χ1n) is 9.80. The van der Waals surface area contributed by atoms with E-state index in [2.05, 4.69) is 15.1 Å². The molecule has 1 atom stereocenters. The normalized spacial score (nSPS) is 20.8. The molecule has 3 heterocycles. The summed E-state index contributed by atoms with van der Waals surface area (Å²) in [5, 5.41) is 11.2. The lowest BCUT2D eigenvalue weighted by atomic mass is 10.1. The first-order valence-corrected chi connectivity index (χ1v) is 10.6. The van der Waals surface area contributed by atoms with Gasteiger partial charge in [-0.25, -0.2) is 4.98 Å². The van der Waals surface area contributed by atoms with Crippen LogP contribution in [0.5, 0.6) is 0 Å². The molecule has 0 radical (unpaired) electrons. The summed E-state index contributed by atoms with van der Waals surface area (Å²) < 4.78 is 2.02. The van der Waals surface area contributed by atoms with Gasteiger partial charge < -0.3 is 4.90 Å². The van der Waals surface area contributed by atoms with Crippen molar-refractivity contribution >= 4 is 27.4 Å². The molecule has 2 aromatic heterocycles. The fourth-order valence-electron chi connectivity index (χ4n) is 4.58. The number of para-hydroxylation sites is 1. The Kier molecular flexibility index (Phi) is 4.19. The number of aryl methyl sites for hydroxylation is 1. The quantitative estimate of drug-likeness (QED) is 0.686. The Bertz CT molecular complexity index is 1040. The van der Waals surface area contributed by atoms with Crippen LogP contribution in [-0.2, 0) is 0 Å². The first-order chi connectivity index (χ1) is 13.2. The highest BCUT2D eigenvalue weighted by Crippen LogP contribution is 2.39. The molecule has 1 aliphatic carbocycles. The second-order valence-electron chi connectivity index (χ2n) is 7.56. The topological polar surface area (TPSA) is 63.9 Å². The Labute approximate surface area is 161 Å². The van der Waals surface area contributed by atoms with Crippen LogP contribution in [0.1, 0.15) is 61.4 Å². The molecule has 5 rings (SSSR count). The van der Waals surface area contributed by atoms with Gasteiger partial charge in [-0.3, -0.25) is 9.36 Å². The second-order valence-corrected chi connectivity index (χ2v) is 8.72. The van der Waals surface area contributed by atoms with Gasteiger partial charge in [-0.05, 0) is 44.7 Å². The monoisotopic (exact) mass is 381 g/mol. The van der Waals surface area contributed by atoms with Crippen molar-refractivity contribution in [3.05, 3.63) is 45.5 Å². The van der Waals surface area contributed by atoms with E-state index in [4.69, 9.17) is 4.98 Å². The smallest absolute Gasteiger partial charge is 0.261 e. The van der Waals surface area contributed by atoms with Crippen molar-refractivity contribution in [2.75, 3.05) is 11.4 Å². The molecule has 7 heteroatoms. The molecule has 2 aliphatic rings. The zero-order valence-electron chi connectivity index (χ0n) is 15.5. The van der Waals surface area contributed by atoms with Crippen LogP contribution in [0.2, 0.25) is 0 Å². The number of anilines is 1. The van der Waals surface area contributed by atoms with Gasteiger partial charge in [0.05, 0.1) is 16.9 Å². The van der Waals surface area contributed by atoms with Crippen LogP contribution < -0.4 is 10.5 Å². The summed E-state index contributed by atoms with van der Waals surface area (Å²) in [4.78, 5) is 20.7. The highest BCUT2D eigenvalue weighted by molar-refractivity contribution is 7.15. The van der Waals surface area contributed by atoms with Crippen LogP contribution in [0.4, 0.5) is 5.13 Å². The second kappa shape index (κ2) is 6.71. The van der Waals surface area contributed by atoms with E-state index in [1.807, 2.05) is 35.8 Å². The van der Waals surface area contributed by atoms with E-state index in [9.17, 15) is 4.79 Å². The highest BCUT2D eigenvalue weighted by Gasteiger charge is 2.34. The molecule has 1 aromatic carbocycles. The molecule has 3 aromatic rings. The molecule has 0 amide bonds.